The monoisotopic (exact) mass is 348 g/mol. The molecule has 0 unspecified atom stereocenters. The van der Waals surface area contributed by atoms with Gasteiger partial charge < -0.3 is 18.9 Å². The lowest BCUT2D eigenvalue weighted by Crippen LogP contribution is -2.45. The van der Waals surface area contributed by atoms with Gasteiger partial charge in [0.05, 0.1) is 5.25 Å². The normalized spacial score (nSPS) is 24.4. The van der Waals surface area contributed by atoms with E-state index in [0.29, 0.717) is 5.75 Å². The standard InChI is InChI=1S/C14H20O8S/c1-7(15)19-5-11(20-8(2)16)14-13(22-10(4)18)12(6-23-14)21-9(3)17/h11-14H,5-6H2,1-4H3/t11-,12-,13-,14-/m1/s1. The number of carbonyl (C=O) groups excluding carboxylic acids is 4. The second-order valence-electron chi connectivity index (χ2n) is 4.97. The van der Waals surface area contributed by atoms with E-state index < -0.39 is 47.4 Å². The maximum atomic E-state index is 11.3. The molecule has 8 nitrogen and oxygen atoms in total. The van der Waals surface area contributed by atoms with Gasteiger partial charge in [0.25, 0.3) is 0 Å². The summed E-state index contributed by atoms with van der Waals surface area (Å²) < 4.78 is 20.5. The second-order valence-corrected chi connectivity index (χ2v) is 6.18. The lowest BCUT2D eigenvalue weighted by Gasteiger charge is -2.28. The van der Waals surface area contributed by atoms with Crippen LogP contribution in [0.4, 0.5) is 0 Å². The van der Waals surface area contributed by atoms with E-state index in [2.05, 4.69) is 0 Å². The van der Waals surface area contributed by atoms with Gasteiger partial charge in [-0.2, -0.15) is 0 Å². The number of thioether (sulfide) groups is 1. The van der Waals surface area contributed by atoms with Crippen molar-refractivity contribution < 1.29 is 38.1 Å². The van der Waals surface area contributed by atoms with Crippen molar-refractivity contribution >= 4 is 35.6 Å². The van der Waals surface area contributed by atoms with Crippen LogP contribution in [-0.2, 0) is 38.1 Å². The molecule has 0 aromatic rings. The molecule has 1 rings (SSSR count). The number of carbonyl (C=O) groups is 4. The van der Waals surface area contributed by atoms with Gasteiger partial charge >= 0.3 is 23.9 Å². The van der Waals surface area contributed by atoms with Gasteiger partial charge in [-0.25, -0.2) is 0 Å². The first-order valence-corrected chi connectivity index (χ1v) is 8.02. The minimum atomic E-state index is -0.814. The van der Waals surface area contributed by atoms with Crippen molar-refractivity contribution in [1.82, 2.24) is 0 Å². The highest BCUT2D eigenvalue weighted by Crippen LogP contribution is 2.35. The van der Waals surface area contributed by atoms with Gasteiger partial charge in [-0.3, -0.25) is 19.2 Å². The molecule has 130 valence electrons. The van der Waals surface area contributed by atoms with E-state index in [9.17, 15) is 19.2 Å². The smallest absolute Gasteiger partial charge is 0.303 e. The Morgan fingerprint density at radius 3 is 2.04 bits per heavy atom. The molecule has 0 bridgehead atoms. The molecule has 0 aromatic carbocycles. The average Bonchev–Trinajstić information content (AvgIpc) is 2.75. The second kappa shape index (κ2) is 8.76. The maximum Gasteiger partial charge on any atom is 0.303 e. The number of hydrogen-bond acceptors (Lipinski definition) is 9. The van der Waals surface area contributed by atoms with E-state index in [1.807, 2.05) is 0 Å². The number of esters is 4. The molecule has 1 fully saturated rings. The van der Waals surface area contributed by atoms with Crippen molar-refractivity contribution in [2.75, 3.05) is 12.4 Å². The topological polar surface area (TPSA) is 105 Å². The molecule has 23 heavy (non-hydrogen) atoms. The summed E-state index contributed by atoms with van der Waals surface area (Å²) in [6.45, 7) is 4.78. The predicted octanol–water partition coefficient (Wildman–Crippen LogP) is 0.460. The summed E-state index contributed by atoms with van der Waals surface area (Å²) in [5.41, 5.74) is 0. The van der Waals surface area contributed by atoms with Crippen LogP contribution in [0.15, 0.2) is 0 Å². The Balaban J connectivity index is 2.91. The number of rotatable bonds is 6. The molecule has 1 aliphatic heterocycles. The van der Waals surface area contributed by atoms with Gasteiger partial charge in [0.2, 0.25) is 0 Å². The minimum absolute atomic E-state index is 0.170. The Morgan fingerprint density at radius 1 is 0.957 bits per heavy atom. The summed E-state index contributed by atoms with van der Waals surface area (Å²) in [6.07, 6.45) is -2.26. The van der Waals surface area contributed by atoms with Gasteiger partial charge in [-0.15, -0.1) is 11.8 Å². The zero-order valence-corrected chi connectivity index (χ0v) is 14.2. The number of hydrogen-bond donors (Lipinski definition) is 0. The third-order valence-corrected chi connectivity index (χ3v) is 4.37. The Bertz CT molecular complexity index is 477. The summed E-state index contributed by atoms with van der Waals surface area (Å²) in [6, 6.07) is 0. The molecule has 1 heterocycles. The van der Waals surface area contributed by atoms with Crippen LogP contribution in [0.3, 0.4) is 0 Å². The Kier molecular flexibility index (Phi) is 7.34. The molecule has 0 saturated carbocycles. The first kappa shape index (κ1) is 19.3. The Labute approximate surface area is 138 Å². The summed E-state index contributed by atoms with van der Waals surface area (Å²) in [4.78, 5) is 44.8. The van der Waals surface area contributed by atoms with Gasteiger partial charge in [-0.05, 0) is 0 Å². The Morgan fingerprint density at radius 2 is 1.57 bits per heavy atom. The van der Waals surface area contributed by atoms with Crippen molar-refractivity contribution in [1.29, 1.82) is 0 Å². The number of ether oxygens (including phenoxy) is 4. The largest absolute Gasteiger partial charge is 0.462 e. The highest BCUT2D eigenvalue weighted by atomic mass is 32.2. The molecule has 0 radical (unpaired) electrons. The van der Waals surface area contributed by atoms with Gasteiger partial charge in [0, 0.05) is 33.4 Å². The fourth-order valence-electron chi connectivity index (χ4n) is 2.18. The lowest BCUT2D eigenvalue weighted by atomic mass is 10.1. The van der Waals surface area contributed by atoms with Crippen molar-refractivity contribution in [2.45, 2.75) is 51.3 Å². The molecule has 0 N–H and O–H groups in total. The van der Waals surface area contributed by atoms with Crippen LogP contribution in [0.5, 0.6) is 0 Å². The summed E-state index contributed by atoms with van der Waals surface area (Å²) in [7, 11) is 0. The average molecular weight is 348 g/mol. The third-order valence-electron chi connectivity index (χ3n) is 2.90. The zero-order chi connectivity index (χ0) is 17.6. The molecular weight excluding hydrogens is 328 g/mol. The van der Waals surface area contributed by atoms with Gasteiger partial charge in [-0.1, -0.05) is 0 Å². The molecule has 0 aromatic heterocycles. The summed E-state index contributed by atoms with van der Waals surface area (Å²) >= 11 is 1.32. The van der Waals surface area contributed by atoms with Gasteiger partial charge in [0.1, 0.15) is 12.7 Å². The highest BCUT2D eigenvalue weighted by molar-refractivity contribution is 8.00. The van der Waals surface area contributed by atoms with E-state index in [1.165, 1.54) is 39.5 Å². The quantitative estimate of drug-likeness (QED) is 0.500. The van der Waals surface area contributed by atoms with Crippen LogP contribution in [-0.4, -0.2) is 59.8 Å². The fourth-order valence-corrected chi connectivity index (χ4v) is 3.62. The van der Waals surface area contributed by atoms with Crippen LogP contribution < -0.4 is 0 Å². The first-order valence-electron chi connectivity index (χ1n) is 6.97. The highest BCUT2D eigenvalue weighted by Gasteiger charge is 2.47. The molecule has 4 atom stereocenters. The zero-order valence-electron chi connectivity index (χ0n) is 13.4. The molecule has 1 aliphatic rings. The molecule has 0 amide bonds. The lowest BCUT2D eigenvalue weighted by molar-refractivity contribution is -0.168. The van der Waals surface area contributed by atoms with Gasteiger partial charge in [0.15, 0.2) is 12.2 Å². The van der Waals surface area contributed by atoms with Crippen LogP contribution in [0, 0.1) is 0 Å². The van der Waals surface area contributed by atoms with Crippen molar-refractivity contribution in [3.8, 4) is 0 Å². The van der Waals surface area contributed by atoms with Crippen molar-refractivity contribution in [2.24, 2.45) is 0 Å². The van der Waals surface area contributed by atoms with E-state index in [-0.39, 0.29) is 6.61 Å². The fraction of sp³-hybridized carbons (Fsp3) is 0.714. The Hall–Kier alpha value is -1.77. The van der Waals surface area contributed by atoms with E-state index in [0.717, 1.165) is 0 Å². The van der Waals surface area contributed by atoms with Crippen molar-refractivity contribution in [3.05, 3.63) is 0 Å². The van der Waals surface area contributed by atoms with E-state index in [1.54, 1.807) is 0 Å². The third kappa shape index (κ3) is 6.47. The predicted molar refractivity (Wildman–Crippen MR) is 79.5 cm³/mol. The maximum absolute atomic E-state index is 11.3. The molecular formula is C14H20O8S. The summed E-state index contributed by atoms with van der Waals surface area (Å²) in [5, 5.41) is -0.508. The SMILES string of the molecule is CC(=O)OC[C@@H](OC(C)=O)[C@H]1SC[C@@H](OC(C)=O)[C@H]1OC(C)=O. The van der Waals surface area contributed by atoms with Crippen LogP contribution in [0.25, 0.3) is 0 Å². The minimum Gasteiger partial charge on any atom is -0.462 e. The molecule has 0 spiro atoms. The summed E-state index contributed by atoms with van der Waals surface area (Å²) in [5.74, 6) is -1.75. The van der Waals surface area contributed by atoms with Crippen LogP contribution >= 0.6 is 11.8 Å². The van der Waals surface area contributed by atoms with Crippen molar-refractivity contribution in [3.63, 3.8) is 0 Å². The van der Waals surface area contributed by atoms with Crippen LogP contribution in [0.1, 0.15) is 27.7 Å². The molecule has 0 aliphatic carbocycles. The molecule has 9 heteroatoms. The molecule has 1 saturated heterocycles. The van der Waals surface area contributed by atoms with E-state index >= 15 is 0 Å². The van der Waals surface area contributed by atoms with Crippen LogP contribution in [0.2, 0.25) is 0 Å². The van der Waals surface area contributed by atoms with E-state index in [4.69, 9.17) is 18.9 Å². The first-order chi connectivity index (χ1) is 10.7.